The molecular weight excluding hydrogens is 338 g/mol. The van der Waals surface area contributed by atoms with Gasteiger partial charge >= 0.3 is 0 Å². The second-order valence-corrected chi connectivity index (χ2v) is 7.80. The quantitative estimate of drug-likeness (QED) is 0.911. The Morgan fingerprint density at radius 1 is 1.04 bits per heavy atom. The molecular formula is C19H21NO4S. The Labute approximate surface area is 149 Å². The van der Waals surface area contributed by atoms with E-state index in [-0.39, 0.29) is 5.91 Å². The summed E-state index contributed by atoms with van der Waals surface area (Å²) in [7, 11) is -1.04. The van der Waals surface area contributed by atoms with Gasteiger partial charge in [0, 0.05) is 27.6 Å². The van der Waals surface area contributed by atoms with Gasteiger partial charge in [-0.25, -0.2) is 0 Å². The van der Waals surface area contributed by atoms with Crippen LogP contribution in [0.25, 0.3) is 0 Å². The minimum atomic E-state index is -1.04. The van der Waals surface area contributed by atoms with Crippen molar-refractivity contribution >= 4 is 22.4 Å². The number of ether oxygens (including phenoxy) is 2. The molecule has 0 unspecified atom stereocenters. The molecule has 5 nitrogen and oxygen atoms in total. The number of amides is 1. The van der Waals surface area contributed by atoms with Crippen molar-refractivity contribution in [1.29, 1.82) is 0 Å². The second kappa shape index (κ2) is 6.88. The maximum absolute atomic E-state index is 12.8. The van der Waals surface area contributed by atoms with Crippen molar-refractivity contribution in [2.45, 2.75) is 24.2 Å². The van der Waals surface area contributed by atoms with Crippen molar-refractivity contribution in [2.24, 2.45) is 0 Å². The molecule has 1 N–H and O–H groups in total. The highest BCUT2D eigenvalue weighted by Gasteiger charge is 2.31. The van der Waals surface area contributed by atoms with Crippen molar-refractivity contribution in [3.63, 3.8) is 0 Å². The van der Waals surface area contributed by atoms with Crippen molar-refractivity contribution in [3.8, 4) is 11.5 Å². The van der Waals surface area contributed by atoms with E-state index in [0.717, 1.165) is 10.5 Å². The van der Waals surface area contributed by atoms with E-state index in [1.54, 1.807) is 30.5 Å². The maximum Gasteiger partial charge on any atom is 0.234 e. The number of carbonyl (C=O) groups excluding carboxylic acids is 1. The lowest BCUT2D eigenvalue weighted by atomic mass is 9.83. The molecule has 1 aliphatic heterocycles. The molecule has 0 radical (unpaired) electrons. The minimum Gasteiger partial charge on any atom is -0.486 e. The molecule has 0 fully saturated rings. The van der Waals surface area contributed by atoms with E-state index in [4.69, 9.17) is 9.47 Å². The topological polar surface area (TPSA) is 64.6 Å². The normalized spacial score (nSPS) is 14.7. The monoisotopic (exact) mass is 359 g/mol. The first-order valence-electron chi connectivity index (χ1n) is 8.03. The Balaban J connectivity index is 1.79. The number of nitrogens with one attached hydrogen (secondary N) is 1. The van der Waals surface area contributed by atoms with Gasteiger partial charge in [0.05, 0.1) is 5.41 Å². The summed E-state index contributed by atoms with van der Waals surface area (Å²) in [6, 6.07) is 12.6. The molecule has 1 amide bonds. The third-order valence-corrected chi connectivity index (χ3v) is 5.21. The van der Waals surface area contributed by atoms with Gasteiger partial charge in [-0.3, -0.25) is 9.00 Å². The number of rotatable bonds is 4. The van der Waals surface area contributed by atoms with Crippen LogP contribution in [-0.4, -0.2) is 29.6 Å². The number of anilines is 1. The highest BCUT2D eigenvalue weighted by molar-refractivity contribution is 7.84. The van der Waals surface area contributed by atoms with Crippen molar-refractivity contribution in [2.75, 3.05) is 24.8 Å². The smallest absolute Gasteiger partial charge is 0.234 e. The summed E-state index contributed by atoms with van der Waals surface area (Å²) in [6.45, 7) is 4.77. The van der Waals surface area contributed by atoms with Gasteiger partial charge in [0.1, 0.15) is 13.2 Å². The molecule has 0 aliphatic carbocycles. The third kappa shape index (κ3) is 3.69. The van der Waals surface area contributed by atoms with Gasteiger partial charge in [-0.1, -0.05) is 6.07 Å². The molecule has 2 aromatic rings. The number of hydrogen-bond donors (Lipinski definition) is 1. The lowest BCUT2D eigenvalue weighted by Crippen LogP contribution is -2.34. The molecule has 0 aromatic heterocycles. The highest BCUT2D eigenvalue weighted by Crippen LogP contribution is 2.35. The zero-order valence-electron chi connectivity index (χ0n) is 14.5. The van der Waals surface area contributed by atoms with Crippen LogP contribution in [0.4, 0.5) is 5.69 Å². The van der Waals surface area contributed by atoms with E-state index >= 15 is 0 Å². The van der Waals surface area contributed by atoms with E-state index < -0.39 is 16.2 Å². The van der Waals surface area contributed by atoms with Gasteiger partial charge in [0.25, 0.3) is 0 Å². The predicted octanol–water partition coefficient (Wildman–Crippen LogP) is 3.11. The van der Waals surface area contributed by atoms with E-state index in [1.807, 2.05) is 32.0 Å². The van der Waals surface area contributed by atoms with Crippen molar-refractivity contribution in [1.82, 2.24) is 0 Å². The second-order valence-electron chi connectivity index (χ2n) is 6.42. The molecule has 25 heavy (non-hydrogen) atoms. The van der Waals surface area contributed by atoms with Crippen LogP contribution < -0.4 is 14.8 Å². The van der Waals surface area contributed by atoms with Crippen molar-refractivity contribution in [3.05, 3.63) is 48.0 Å². The van der Waals surface area contributed by atoms with Crippen molar-refractivity contribution < 1.29 is 18.5 Å². The first-order chi connectivity index (χ1) is 11.9. The van der Waals surface area contributed by atoms with Gasteiger partial charge in [0.2, 0.25) is 5.91 Å². The van der Waals surface area contributed by atoms with Crippen LogP contribution in [0.3, 0.4) is 0 Å². The molecule has 2 aromatic carbocycles. The van der Waals surface area contributed by atoms with Gasteiger partial charge in [0.15, 0.2) is 11.5 Å². The average molecular weight is 359 g/mol. The fourth-order valence-electron chi connectivity index (χ4n) is 2.58. The van der Waals surface area contributed by atoms with Crippen LogP contribution in [0.15, 0.2) is 47.4 Å². The molecule has 132 valence electrons. The lowest BCUT2D eigenvalue weighted by Gasteiger charge is -2.26. The molecule has 1 aliphatic rings. The summed E-state index contributed by atoms with van der Waals surface area (Å²) >= 11 is 0. The summed E-state index contributed by atoms with van der Waals surface area (Å²) in [5.41, 5.74) is 0.771. The zero-order valence-corrected chi connectivity index (χ0v) is 15.3. The Hall–Kier alpha value is -2.34. The molecule has 6 heteroatoms. The highest BCUT2D eigenvalue weighted by atomic mass is 32.2. The Morgan fingerprint density at radius 2 is 1.68 bits per heavy atom. The molecule has 3 rings (SSSR count). The van der Waals surface area contributed by atoms with Crippen LogP contribution in [0, 0.1) is 0 Å². The Kier molecular flexibility index (Phi) is 4.81. The van der Waals surface area contributed by atoms with E-state index in [9.17, 15) is 9.00 Å². The number of benzene rings is 2. The Bertz CT molecular complexity index is 815. The molecule has 0 saturated heterocycles. The summed E-state index contributed by atoms with van der Waals surface area (Å²) in [6.07, 6.45) is 1.62. The summed E-state index contributed by atoms with van der Waals surface area (Å²) < 4.78 is 22.6. The summed E-state index contributed by atoms with van der Waals surface area (Å²) in [4.78, 5) is 13.5. The molecule has 1 heterocycles. The Morgan fingerprint density at radius 3 is 2.32 bits per heavy atom. The average Bonchev–Trinajstić information content (AvgIpc) is 2.61. The SMILES string of the molecule is C[S@](=O)c1ccc(NC(=O)C(C)(C)c2ccc3c(c2)OCCO3)cc1. The molecule has 0 saturated carbocycles. The van der Waals surface area contributed by atoms with E-state index in [1.165, 1.54) is 0 Å². The fourth-order valence-corrected chi connectivity index (χ4v) is 3.10. The maximum atomic E-state index is 12.8. The van der Waals surface area contributed by atoms with Crippen LogP contribution in [0.2, 0.25) is 0 Å². The zero-order chi connectivity index (χ0) is 18.0. The number of hydrogen-bond acceptors (Lipinski definition) is 4. The lowest BCUT2D eigenvalue weighted by molar-refractivity contribution is -0.120. The fraction of sp³-hybridized carbons (Fsp3) is 0.316. The molecule has 0 bridgehead atoms. The molecule has 1 atom stereocenters. The number of carbonyl (C=O) groups is 1. The first kappa shape index (κ1) is 17.5. The summed E-state index contributed by atoms with van der Waals surface area (Å²) in [5.74, 6) is 1.24. The summed E-state index contributed by atoms with van der Waals surface area (Å²) in [5, 5.41) is 2.92. The van der Waals surface area contributed by atoms with Crippen LogP contribution in [0.5, 0.6) is 11.5 Å². The van der Waals surface area contributed by atoms with Crippen LogP contribution >= 0.6 is 0 Å². The van der Waals surface area contributed by atoms with Gasteiger partial charge in [-0.2, -0.15) is 0 Å². The number of fused-ring (bicyclic) bond motifs is 1. The van der Waals surface area contributed by atoms with Gasteiger partial charge < -0.3 is 14.8 Å². The third-order valence-electron chi connectivity index (χ3n) is 4.28. The largest absolute Gasteiger partial charge is 0.486 e. The van der Waals surface area contributed by atoms with Gasteiger partial charge in [-0.15, -0.1) is 0 Å². The standard InChI is InChI=1S/C19H21NO4S/c1-19(2,13-4-9-16-17(12-13)24-11-10-23-16)18(21)20-14-5-7-15(8-6-14)25(3)22/h4-9,12H,10-11H2,1-3H3,(H,20,21)/t25-/m0/s1. The molecule has 0 spiro atoms. The van der Waals surface area contributed by atoms with Crippen LogP contribution in [-0.2, 0) is 21.0 Å². The van der Waals surface area contributed by atoms with Gasteiger partial charge in [-0.05, 0) is 55.8 Å². The van der Waals surface area contributed by atoms with E-state index in [2.05, 4.69) is 5.32 Å². The first-order valence-corrected chi connectivity index (χ1v) is 9.59. The predicted molar refractivity (Wildman–Crippen MR) is 97.9 cm³/mol. The van der Waals surface area contributed by atoms with E-state index in [0.29, 0.717) is 30.4 Å². The minimum absolute atomic E-state index is 0.130. The van der Waals surface area contributed by atoms with Crippen LogP contribution in [0.1, 0.15) is 19.4 Å².